The Morgan fingerprint density at radius 3 is 2.80 bits per heavy atom. The maximum Gasteiger partial charge on any atom is 0.384 e. The molecule has 0 fully saturated rings. The van der Waals surface area contributed by atoms with E-state index in [0.717, 1.165) is 0 Å². The van der Waals surface area contributed by atoms with Gasteiger partial charge in [-0.2, -0.15) is 0 Å². The molecule has 10 heavy (non-hydrogen) atoms. The minimum Gasteiger partial charge on any atom is -0.459 e. The first-order valence-electron chi connectivity index (χ1n) is 2.59. The van der Waals surface area contributed by atoms with E-state index in [-0.39, 0.29) is 0 Å². The molecule has 0 spiro atoms. The highest BCUT2D eigenvalue weighted by Gasteiger charge is 1.95. The van der Waals surface area contributed by atoms with Gasteiger partial charge in [-0.3, -0.25) is 0 Å². The Kier molecular flexibility index (Phi) is 4.29. The maximum atomic E-state index is 10.2. The third-order valence-electron chi connectivity index (χ3n) is 0.699. The Morgan fingerprint density at radius 1 is 1.80 bits per heavy atom. The number of rotatable bonds is 1. The second-order valence-corrected chi connectivity index (χ2v) is 1.46. The summed E-state index contributed by atoms with van der Waals surface area (Å²) in [6.07, 6.45) is -1.17. The predicted octanol–water partition coefficient (Wildman–Crippen LogP) is -1.48. The molecule has 0 aliphatic rings. The van der Waals surface area contributed by atoms with E-state index in [9.17, 15) is 4.79 Å². The Balaban J connectivity index is 3.78. The quantitative estimate of drug-likeness (QED) is 0.267. The van der Waals surface area contributed by atoms with Gasteiger partial charge in [-0.1, -0.05) is 5.92 Å². The Bertz CT molecular complexity index is 164. The van der Waals surface area contributed by atoms with Crippen LogP contribution in [-0.2, 0) is 9.53 Å². The van der Waals surface area contributed by atoms with Crippen molar-refractivity contribution < 1.29 is 19.7 Å². The molecule has 0 saturated heterocycles. The van der Waals surface area contributed by atoms with E-state index in [2.05, 4.69) is 10.7 Å². The van der Waals surface area contributed by atoms with Crippen LogP contribution in [0.4, 0.5) is 0 Å². The molecule has 0 aromatic heterocycles. The molecule has 2 N–H and O–H groups in total. The van der Waals surface area contributed by atoms with Crippen molar-refractivity contribution in [2.45, 2.75) is 6.10 Å². The number of aliphatic hydroxyl groups is 2. The molecular formula is C6H8O4. The lowest BCUT2D eigenvalue weighted by atomic mass is 10.4. The van der Waals surface area contributed by atoms with Gasteiger partial charge in [-0.25, -0.2) is 4.79 Å². The van der Waals surface area contributed by atoms with Crippen LogP contribution in [0, 0.1) is 11.8 Å². The Labute approximate surface area is 58.4 Å². The molecule has 4 nitrogen and oxygen atoms in total. The van der Waals surface area contributed by atoms with Gasteiger partial charge in [0.25, 0.3) is 0 Å². The summed E-state index contributed by atoms with van der Waals surface area (Å²) in [7, 11) is 1.18. The van der Waals surface area contributed by atoms with Crippen LogP contribution in [0.1, 0.15) is 0 Å². The van der Waals surface area contributed by atoms with Crippen molar-refractivity contribution in [3.63, 3.8) is 0 Å². The molecule has 0 saturated carbocycles. The lowest BCUT2D eigenvalue weighted by Crippen LogP contribution is -2.09. The normalized spacial score (nSPS) is 11.1. The van der Waals surface area contributed by atoms with Gasteiger partial charge in [-0.15, -0.1) is 0 Å². The number of hydrogen-bond donors (Lipinski definition) is 2. The van der Waals surface area contributed by atoms with E-state index in [1.165, 1.54) is 7.11 Å². The molecule has 0 aromatic rings. The highest BCUT2D eigenvalue weighted by atomic mass is 16.5. The average molecular weight is 144 g/mol. The molecule has 1 unspecified atom stereocenters. The van der Waals surface area contributed by atoms with Gasteiger partial charge < -0.3 is 14.9 Å². The molecule has 1 atom stereocenters. The summed E-state index contributed by atoms with van der Waals surface area (Å²) >= 11 is 0. The molecule has 0 amide bonds. The number of methoxy groups -OCH3 is 1. The molecule has 0 aliphatic heterocycles. The van der Waals surface area contributed by atoms with Crippen molar-refractivity contribution in [2.75, 3.05) is 13.7 Å². The molecule has 4 heteroatoms. The minimum atomic E-state index is -1.17. The number of aliphatic hydroxyl groups excluding tert-OH is 2. The van der Waals surface area contributed by atoms with Crippen LogP contribution in [0.2, 0.25) is 0 Å². The van der Waals surface area contributed by atoms with Crippen LogP contribution in [0.5, 0.6) is 0 Å². The number of carbonyl (C=O) groups excluding carboxylic acids is 1. The summed E-state index contributed by atoms with van der Waals surface area (Å²) in [5.74, 6) is 3.30. The minimum absolute atomic E-state index is 0.482. The molecule has 0 rings (SSSR count). The zero-order chi connectivity index (χ0) is 7.98. The zero-order valence-electron chi connectivity index (χ0n) is 5.50. The highest BCUT2D eigenvalue weighted by molar-refractivity contribution is 5.88. The predicted molar refractivity (Wildman–Crippen MR) is 32.9 cm³/mol. The standard InChI is InChI=1S/C6H8O4/c1-10-6(9)3-2-5(8)4-7/h5,7-8H,4H2,1H3. The topological polar surface area (TPSA) is 66.8 Å². The molecule has 0 heterocycles. The molecule has 0 aromatic carbocycles. The number of hydrogen-bond acceptors (Lipinski definition) is 4. The fourth-order valence-electron chi connectivity index (χ4n) is 0.239. The zero-order valence-corrected chi connectivity index (χ0v) is 5.50. The van der Waals surface area contributed by atoms with Gasteiger partial charge in [0.05, 0.1) is 13.7 Å². The van der Waals surface area contributed by atoms with Crippen LogP contribution >= 0.6 is 0 Å². The molecule has 56 valence electrons. The first kappa shape index (κ1) is 8.95. The van der Waals surface area contributed by atoms with Crippen LogP contribution in [-0.4, -0.2) is 36.0 Å². The van der Waals surface area contributed by atoms with Gasteiger partial charge in [-0.05, 0) is 0 Å². The third kappa shape index (κ3) is 3.89. The monoisotopic (exact) mass is 144 g/mol. The summed E-state index contributed by atoms with van der Waals surface area (Å²) in [6, 6.07) is 0. The Morgan fingerprint density at radius 2 is 2.40 bits per heavy atom. The van der Waals surface area contributed by atoms with E-state index < -0.39 is 18.7 Å². The van der Waals surface area contributed by atoms with Crippen LogP contribution in [0.15, 0.2) is 0 Å². The SMILES string of the molecule is COC(=O)C#CC(O)CO. The first-order chi connectivity index (χ1) is 4.70. The number of esters is 1. The van der Waals surface area contributed by atoms with Gasteiger partial charge in [0.1, 0.15) is 6.10 Å². The second kappa shape index (κ2) is 4.79. The van der Waals surface area contributed by atoms with Crippen molar-refractivity contribution in [1.29, 1.82) is 0 Å². The highest BCUT2D eigenvalue weighted by Crippen LogP contribution is 1.75. The summed E-state index contributed by atoms with van der Waals surface area (Å²) < 4.78 is 4.14. The van der Waals surface area contributed by atoms with Crippen LogP contribution in [0.3, 0.4) is 0 Å². The second-order valence-electron chi connectivity index (χ2n) is 1.46. The van der Waals surface area contributed by atoms with Gasteiger partial charge in [0.2, 0.25) is 0 Å². The van der Waals surface area contributed by atoms with Crippen molar-refractivity contribution >= 4 is 5.97 Å². The Hall–Kier alpha value is -1.05. The lowest BCUT2D eigenvalue weighted by molar-refractivity contribution is -0.133. The van der Waals surface area contributed by atoms with E-state index in [0.29, 0.717) is 0 Å². The first-order valence-corrected chi connectivity index (χ1v) is 2.59. The van der Waals surface area contributed by atoms with E-state index in [1.54, 1.807) is 0 Å². The van der Waals surface area contributed by atoms with Gasteiger partial charge in [0.15, 0.2) is 0 Å². The van der Waals surface area contributed by atoms with E-state index in [4.69, 9.17) is 10.2 Å². The molecule has 0 radical (unpaired) electrons. The number of ether oxygens (including phenoxy) is 1. The molecular weight excluding hydrogens is 136 g/mol. The fourth-order valence-corrected chi connectivity index (χ4v) is 0.239. The molecule has 0 aliphatic carbocycles. The van der Waals surface area contributed by atoms with E-state index in [1.807, 2.05) is 5.92 Å². The van der Waals surface area contributed by atoms with Crippen molar-refractivity contribution in [3.8, 4) is 11.8 Å². The summed E-state index contributed by atoms with van der Waals surface area (Å²) in [6.45, 7) is -0.482. The lowest BCUT2D eigenvalue weighted by Gasteiger charge is -1.92. The van der Waals surface area contributed by atoms with Crippen LogP contribution in [0.25, 0.3) is 0 Å². The third-order valence-corrected chi connectivity index (χ3v) is 0.699. The van der Waals surface area contributed by atoms with Crippen molar-refractivity contribution in [3.05, 3.63) is 0 Å². The van der Waals surface area contributed by atoms with E-state index >= 15 is 0 Å². The largest absolute Gasteiger partial charge is 0.459 e. The molecule has 0 bridgehead atoms. The van der Waals surface area contributed by atoms with Gasteiger partial charge in [0, 0.05) is 5.92 Å². The van der Waals surface area contributed by atoms with Crippen molar-refractivity contribution in [2.24, 2.45) is 0 Å². The summed E-state index contributed by atoms with van der Waals surface area (Å²) in [5, 5.41) is 16.8. The summed E-state index contributed by atoms with van der Waals surface area (Å²) in [5.41, 5.74) is 0. The number of carbonyl (C=O) groups is 1. The van der Waals surface area contributed by atoms with Gasteiger partial charge >= 0.3 is 5.97 Å². The summed E-state index contributed by atoms with van der Waals surface area (Å²) in [4.78, 5) is 10.2. The van der Waals surface area contributed by atoms with Crippen molar-refractivity contribution in [1.82, 2.24) is 0 Å². The fraction of sp³-hybridized carbons (Fsp3) is 0.500. The van der Waals surface area contributed by atoms with Crippen LogP contribution < -0.4 is 0 Å². The maximum absolute atomic E-state index is 10.2. The average Bonchev–Trinajstić information content (AvgIpc) is 1.99. The smallest absolute Gasteiger partial charge is 0.384 e.